The predicted octanol–water partition coefficient (Wildman–Crippen LogP) is 5.07. The molecule has 0 atom stereocenters. The Bertz CT molecular complexity index is 1010. The summed E-state index contributed by atoms with van der Waals surface area (Å²) >= 11 is 0. The van der Waals surface area contributed by atoms with Gasteiger partial charge in [0.1, 0.15) is 6.61 Å². The molecule has 0 bridgehead atoms. The highest BCUT2D eigenvalue weighted by Crippen LogP contribution is 2.30. The van der Waals surface area contributed by atoms with Gasteiger partial charge in [-0.3, -0.25) is 4.79 Å². The van der Waals surface area contributed by atoms with Crippen LogP contribution in [0.3, 0.4) is 0 Å². The largest absolute Gasteiger partial charge is 0.490 e. The van der Waals surface area contributed by atoms with E-state index in [-0.39, 0.29) is 23.5 Å². The average molecular weight is 404 g/mol. The molecule has 0 N–H and O–H groups in total. The van der Waals surface area contributed by atoms with Crippen molar-refractivity contribution in [3.8, 4) is 11.5 Å². The topological polar surface area (TPSA) is 61.8 Å². The maximum atomic E-state index is 13.2. The molecule has 5 nitrogen and oxygen atoms in total. The second-order valence-corrected chi connectivity index (χ2v) is 6.46. The lowest BCUT2D eigenvalue weighted by molar-refractivity contribution is 0.0470. The van der Waals surface area contributed by atoms with Crippen LogP contribution in [0.5, 0.6) is 11.5 Å². The second-order valence-electron chi connectivity index (χ2n) is 6.46. The van der Waals surface area contributed by atoms with Crippen molar-refractivity contribution in [1.82, 2.24) is 0 Å². The number of rotatable bonds is 9. The first-order valence-corrected chi connectivity index (χ1v) is 9.88. The molecule has 0 amide bonds. The van der Waals surface area contributed by atoms with Gasteiger partial charge >= 0.3 is 5.97 Å². The lowest BCUT2D eigenvalue weighted by atomic mass is 9.98. The van der Waals surface area contributed by atoms with Gasteiger partial charge in [0.2, 0.25) is 0 Å². The van der Waals surface area contributed by atoms with E-state index in [9.17, 15) is 9.59 Å². The summed E-state index contributed by atoms with van der Waals surface area (Å²) in [7, 11) is 0. The van der Waals surface area contributed by atoms with Crippen LogP contribution >= 0.6 is 0 Å². The van der Waals surface area contributed by atoms with Crippen molar-refractivity contribution < 1.29 is 23.8 Å². The van der Waals surface area contributed by atoms with Gasteiger partial charge in [0.25, 0.3) is 0 Å². The zero-order valence-electron chi connectivity index (χ0n) is 17.1. The number of carbonyl (C=O) groups excluding carboxylic acids is 2. The number of ether oxygens (including phenoxy) is 3. The lowest BCUT2D eigenvalue weighted by Crippen LogP contribution is -2.13. The number of benzene rings is 3. The van der Waals surface area contributed by atoms with Crippen LogP contribution in [-0.4, -0.2) is 25.0 Å². The van der Waals surface area contributed by atoms with Gasteiger partial charge in [-0.25, -0.2) is 4.79 Å². The minimum absolute atomic E-state index is 0.139. The fourth-order valence-electron chi connectivity index (χ4n) is 3.01. The summed E-state index contributed by atoms with van der Waals surface area (Å²) in [6.07, 6.45) is 0. The zero-order valence-corrected chi connectivity index (χ0v) is 17.1. The Labute approximate surface area is 176 Å². The molecule has 0 aliphatic rings. The Hall–Kier alpha value is -3.60. The molecule has 154 valence electrons. The standard InChI is InChI=1S/C25H24O5/c1-3-28-22-15-14-19(16-23(22)29-4-2)24(26)20-12-8-9-13-21(20)25(27)30-17-18-10-6-5-7-11-18/h5-16H,3-4,17H2,1-2H3. The number of ketones is 1. The molecule has 0 spiro atoms. The number of esters is 1. The molecule has 0 fully saturated rings. The van der Waals surface area contributed by atoms with E-state index in [1.807, 2.05) is 44.2 Å². The minimum Gasteiger partial charge on any atom is -0.490 e. The summed E-state index contributed by atoms with van der Waals surface area (Å²) < 4.78 is 16.6. The molecule has 0 saturated heterocycles. The van der Waals surface area contributed by atoms with E-state index in [1.165, 1.54) is 0 Å². The first kappa shape index (κ1) is 21.1. The van der Waals surface area contributed by atoms with Crippen LogP contribution < -0.4 is 9.47 Å². The first-order valence-electron chi connectivity index (χ1n) is 9.88. The molecule has 0 heterocycles. The summed E-state index contributed by atoms with van der Waals surface area (Å²) in [6, 6.07) is 21.1. The fourth-order valence-corrected chi connectivity index (χ4v) is 3.01. The predicted molar refractivity (Wildman–Crippen MR) is 114 cm³/mol. The zero-order chi connectivity index (χ0) is 21.3. The van der Waals surface area contributed by atoms with E-state index < -0.39 is 5.97 Å². The van der Waals surface area contributed by atoms with Crippen LogP contribution in [0.4, 0.5) is 0 Å². The maximum Gasteiger partial charge on any atom is 0.339 e. The van der Waals surface area contributed by atoms with Crippen LogP contribution in [0.15, 0.2) is 72.8 Å². The molecule has 0 radical (unpaired) electrons. The molecule has 30 heavy (non-hydrogen) atoms. The highest BCUT2D eigenvalue weighted by molar-refractivity contribution is 6.14. The van der Waals surface area contributed by atoms with Gasteiger partial charge in [-0.15, -0.1) is 0 Å². The van der Waals surface area contributed by atoms with Crippen molar-refractivity contribution in [3.63, 3.8) is 0 Å². The van der Waals surface area contributed by atoms with E-state index in [1.54, 1.807) is 42.5 Å². The molecular formula is C25H24O5. The van der Waals surface area contributed by atoms with Crippen molar-refractivity contribution in [3.05, 3.63) is 95.1 Å². The third-order valence-electron chi connectivity index (χ3n) is 4.41. The third-order valence-corrected chi connectivity index (χ3v) is 4.41. The van der Waals surface area contributed by atoms with Gasteiger partial charge in [-0.1, -0.05) is 48.5 Å². The van der Waals surface area contributed by atoms with Crippen molar-refractivity contribution in [2.45, 2.75) is 20.5 Å². The number of carbonyl (C=O) groups is 2. The summed E-state index contributed by atoms with van der Waals surface area (Å²) in [5.41, 5.74) is 1.79. The Balaban J connectivity index is 1.85. The smallest absolute Gasteiger partial charge is 0.339 e. The number of hydrogen-bond donors (Lipinski definition) is 0. The maximum absolute atomic E-state index is 13.2. The van der Waals surface area contributed by atoms with Gasteiger partial charge in [-0.05, 0) is 43.7 Å². The SMILES string of the molecule is CCOc1ccc(C(=O)c2ccccc2C(=O)OCc2ccccc2)cc1OCC. The van der Waals surface area contributed by atoms with Crippen LogP contribution in [0.1, 0.15) is 45.7 Å². The van der Waals surface area contributed by atoms with Gasteiger partial charge < -0.3 is 14.2 Å². The highest BCUT2D eigenvalue weighted by atomic mass is 16.5. The highest BCUT2D eigenvalue weighted by Gasteiger charge is 2.20. The lowest BCUT2D eigenvalue weighted by Gasteiger charge is -2.13. The summed E-state index contributed by atoms with van der Waals surface area (Å²) in [6.45, 7) is 4.82. The Morgan fingerprint density at radius 2 is 1.37 bits per heavy atom. The first-order chi connectivity index (χ1) is 14.6. The van der Waals surface area contributed by atoms with Gasteiger partial charge in [0.15, 0.2) is 17.3 Å². The fraction of sp³-hybridized carbons (Fsp3) is 0.200. The molecule has 3 rings (SSSR count). The summed E-state index contributed by atoms with van der Waals surface area (Å²) in [4.78, 5) is 25.8. The minimum atomic E-state index is -0.543. The average Bonchev–Trinajstić information content (AvgIpc) is 2.79. The Morgan fingerprint density at radius 3 is 2.07 bits per heavy atom. The molecule has 0 aliphatic carbocycles. The molecular weight excluding hydrogens is 380 g/mol. The van der Waals surface area contributed by atoms with E-state index in [2.05, 4.69) is 0 Å². The monoisotopic (exact) mass is 404 g/mol. The Kier molecular flexibility index (Phi) is 7.22. The van der Waals surface area contributed by atoms with E-state index in [0.29, 0.717) is 30.3 Å². The van der Waals surface area contributed by atoms with E-state index in [0.717, 1.165) is 5.56 Å². The second kappa shape index (κ2) is 10.3. The van der Waals surface area contributed by atoms with Crippen LogP contribution in [0.25, 0.3) is 0 Å². The summed E-state index contributed by atoms with van der Waals surface area (Å²) in [5, 5.41) is 0. The van der Waals surface area contributed by atoms with E-state index in [4.69, 9.17) is 14.2 Å². The van der Waals surface area contributed by atoms with Crippen LogP contribution in [0.2, 0.25) is 0 Å². The quantitative estimate of drug-likeness (QED) is 0.368. The molecule has 0 saturated carbocycles. The number of hydrogen-bond acceptors (Lipinski definition) is 5. The normalized spacial score (nSPS) is 10.3. The summed E-state index contributed by atoms with van der Waals surface area (Å²) in [5.74, 6) is 0.242. The molecule has 3 aromatic rings. The van der Waals surface area contributed by atoms with Crippen molar-refractivity contribution >= 4 is 11.8 Å². The van der Waals surface area contributed by atoms with Gasteiger partial charge in [0.05, 0.1) is 18.8 Å². The van der Waals surface area contributed by atoms with Crippen molar-refractivity contribution in [1.29, 1.82) is 0 Å². The molecule has 5 heteroatoms. The van der Waals surface area contributed by atoms with Gasteiger partial charge in [0, 0.05) is 11.1 Å². The molecule has 0 unspecified atom stereocenters. The molecule has 3 aromatic carbocycles. The van der Waals surface area contributed by atoms with Gasteiger partial charge in [-0.2, -0.15) is 0 Å². The van der Waals surface area contributed by atoms with Crippen molar-refractivity contribution in [2.24, 2.45) is 0 Å². The van der Waals surface area contributed by atoms with Crippen molar-refractivity contribution in [2.75, 3.05) is 13.2 Å². The molecule has 0 aromatic heterocycles. The Morgan fingerprint density at radius 1 is 0.733 bits per heavy atom. The molecule has 0 aliphatic heterocycles. The van der Waals surface area contributed by atoms with E-state index >= 15 is 0 Å². The third kappa shape index (κ3) is 5.06. The van der Waals surface area contributed by atoms with Crippen LogP contribution in [-0.2, 0) is 11.3 Å². The van der Waals surface area contributed by atoms with Crippen LogP contribution in [0, 0.1) is 0 Å².